The summed E-state index contributed by atoms with van der Waals surface area (Å²) in [7, 11) is 3.79. The summed E-state index contributed by atoms with van der Waals surface area (Å²) >= 11 is 0. The van der Waals surface area contributed by atoms with Gasteiger partial charge in [0, 0.05) is 19.6 Å². The van der Waals surface area contributed by atoms with Gasteiger partial charge in [-0.25, -0.2) is 9.97 Å². The Morgan fingerprint density at radius 1 is 1.30 bits per heavy atom. The topological polar surface area (TPSA) is 50.3 Å². The molecular formula is C15H26N4O. The van der Waals surface area contributed by atoms with Gasteiger partial charge < -0.3 is 15.0 Å². The van der Waals surface area contributed by atoms with E-state index in [0.717, 1.165) is 29.8 Å². The van der Waals surface area contributed by atoms with Crippen molar-refractivity contribution in [3.8, 4) is 5.75 Å². The first-order chi connectivity index (χ1) is 9.67. The van der Waals surface area contributed by atoms with Gasteiger partial charge in [-0.2, -0.15) is 0 Å². The maximum Gasteiger partial charge on any atom is 0.204 e. The summed E-state index contributed by atoms with van der Waals surface area (Å²) < 4.78 is 5.53. The molecule has 1 fully saturated rings. The molecule has 2 rings (SSSR count). The van der Waals surface area contributed by atoms with Gasteiger partial charge in [-0.1, -0.05) is 6.92 Å². The van der Waals surface area contributed by atoms with Crippen LogP contribution in [-0.4, -0.2) is 36.7 Å². The fourth-order valence-corrected chi connectivity index (χ4v) is 2.90. The van der Waals surface area contributed by atoms with Crippen LogP contribution >= 0.6 is 0 Å². The molecule has 1 aliphatic carbocycles. The lowest BCUT2D eigenvalue weighted by molar-refractivity contribution is 0.337. The van der Waals surface area contributed by atoms with E-state index in [0.29, 0.717) is 6.04 Å². The number of nitrogens with zero attached hydrogens (tertiary/aromatic N) is 3. The summed E-state index contributed by atoms with van der Waals surface area (Å²) in [6, 6.07) is 0.546. The quantitative estimate of drug-likeness (QED) is 0.897. The first-order valence-corrected chi connectivity index (χ1v) is 7.53. The number of methoxy groups -OCH3 is 1. The molecule has 112 valence electrons. The van der Waals surface area contributed by atoms with Crippen molar-refractivity contribution >= 4 is 11.6 Å². The highest BCUT2D eigenvalue weighted by molar-refractivity contribution is 5.64. The molecule has 0 radical (unpaired) electrons. The molecule has 0 amide bonds. The summed E-state index contributed by atoms with van der Waals surface area (Å²) in [5.41, 5.74) is 0. The second-order valence-corrected chi connectivity index (χ2v) is 5.63. The molecule has 0 bridgehead atoms. The molecule has 1 N–H and O–H groups in total. The van der Waals surface area contributed by atoms with Gasteiger partial charge in [0.1, 0.15) is 6.33 Å². The second-order valence-electron chi connectivity index (χ2n) is 5.63. The largest absolute Gasteiger partial charge is 0.490 e. The van der Waals surface area contributed by atoms with E-state index in [4.69, 9.17) is 4.74 Å². The fraction of sp³-hybridized carbons (Fsp3) is 0.733. The van der Waals surface area contributed by atoms with Crippen molar-refractivity contribution in [2.24, 2.45) is 5.92 Å². The standard InChI is InChI=1S/C15H26N4O/c1-5-16-14-13(20-4)15(18-10-17-14)19(3)12-8-6-11(2)7-9-12/h10-12H,5-9H2,1-4H3,(H,16,17,18). The average Bonchev–Trinajstić information content (AvgIpc) is 2.47. The van der Waals surface area contributed by atoms with Gasteiger partial charge in [-0.05, 0) is 38.5 Å². The lowest BCUT2D eigenvalue weighted by Crippen LogP contribution is -2.35. The van der Waals surface area contributed by atoms with Crippen molar-refractivity contribution in [2.45, 2.75) is 45.6 Å². The molecular weight excluding hydrogens is 252 g/mol. The maximum atomic E-state index is 5.53. The lowest BCUT2D eigenvalue weighted by Gasteiger charge is -2.35. The molecule has 1 aromatic heterocycles. The summed E-state index contributed by atoms with van der Waals surface area (Å²) in [6.45, 7) is 5.20. The minimum atomic E-state index is 0.546. The van der Waals surface area contributed by atoms with E-state index in [2.05, 4.69) is 34.2 Å². The highest BCUT2D eigenvalue weighted by atomic mass is 16.5. The van der Waals surface area contributed by atoms with Crippen molar-refractivity contribution < 1.29 is 4.74 Å². The predicted octanol–water partition coefficient (Wildman–Crippen LogP) is 2.93. The van der Waals surface area contributed by atoms with Crippen molar-refractivity contribution in [3.05, 3.63) is 6.33 Å². The molecule has 0 unspecified atom stereocenters. The molecule has 20 heavy (non-hydrogen) atoms. The Morgan fingerprint density at radius 3 is 2.60 bits per heavy atom. The third kappa shape index (κ3) is 3.14. The predicted molar refractivity (Wildman–Crippen MR) is 82.6 cm³/mol. The highest BCUT2D eigenvalue weighted by Gasteiger charge is 2.25. The van der Waals surface area contributed by atoms with Crippen LogP contribution in [0.25, 0.3) is 0 Å². The fourth-order valence-electron chi connectivity index (χ4n) is 2.90. The number of hydrogen-bond acceptors (Lipinski definition) is 5. The number of nitrogens with one attached hydrogen (secondary N) is 1. The molecule has 5 heteroatoms. The molecule has 0 aliphatic heterocycles. The number of hydrogen-bond donors (Lipinski definition) is 1. The molecule has 1 saturated carbocycles. The van der Waals surface area contributed by atoms with E-state index in [-0.39, 0.29) is 0 Å². The van der Waals surface area contributed by atoms with Crippen LogP contribution in [0.2, 0.25) is 0 Å². The smallest absolute Gasteiger partial charge is 0.204 e. The lowest BCUT2D eigenvalue weighted by atomic mass is 9.87. The third-order valence-electron chi connectivity index (χ3n) is 4.20. The summed E-state index contributed by atoms with van der Waals surface area (Å²) in [5, 5.41) is 3.23. The Kier molecular flexibility index (Phi) is 5.04. The van der Waals surface area contributed by atoms with Crippen molar-refractivity contribution in [1.29, 1.82) is 0 Å². The van der Waals surface area contributed by atoms with Crippen molar-refractivity contribution in [1.82, 2.24) is 9.97 Å². The van der Waals surface area contributed by atoms with E-state index in [9.17, 15) is 0 Å². The monoisotopic (exact) mass is 278 g/mol. The van der Waals surface area contributed by atoms with Crippen LogP contribution in [0.15, 0.2) is 6.33 Å². The Hall–Kier alpha value is -1.52. The maximum absolute atomic E-state index is 5.53. The minimum Gasteiger partial charge on any atom is -0.490 e. The van der Waals surface area contributed by atoms with Crippen LogP contribution in [0.3, 0.4) is 0 Å². The second kappa shape index (κ2) is 6.77. The molecule has 0 aromatic carbocycles. The molecule has 1 aromatic rings. The summed E-state index contributed by atoms with van der Waals surface area (Å²) in [6.07, 6.45) is 6.64. The van der Waals surface area contributed by atoms with E-state index in [1.807, 2.05) is 6.92 Å². The molecule has 1 heterocycles. The van der Waals surface area contributed by atoms with Crippen LogP contribution in [-0.2, 0) is 0 Å². The van der Waals surface area contributed by atoms with E-state index >= 15 is 0 Å². The minimum absolute atomic E-state index is 0.546. The number of rotatable bonds is 5. The zero-order valence-corrected chi connectivity index (χ0v) is 13.0. The Labute approximate surface area is 121 Å². The number of aromatic nitrogens is 2. The first kappa shape index (κ1) is 14.9. The van der Waals surface area contributed by atoms with E-state index in [1.165, 1.54) is 25.7 Å². The Balaban J connectivity index is 2.20. The average molecular weight is 278 g/mol. The van der Waals surface area contributed by atoms with Gasteiger partial charge in [0.15, 0.2) is 11.6 Å². The zero-order valence-electron chi connectivity index (χ0n) is 13.0. The van der Waals surface area contributed by atoms with Gasteiger partial charge in [-0.15, -0.1) is 0 Å². The van der Waals surface area contributed by atoms with E-state index in [1.54, 1.807) is 13.4 Å². The zero-order chi connectivity index (χ0) is 14.5. The molecule has 0 spiro atoms. The van der Waals surface area contributed by atoms with Crippen LogP contribution in [0.5, 0.6) is 5.75 Å². The summed E-state index contributed by atoms with van der Waals surface area (Å²) in [5.74, 6) is 3.26. The molecule has 5 nitrogen and oxygen atoms in total. The normalized spacial score (nSPS) is 22.4. The molecule has 0 saturated heterocycles. The van der Waals surface area contributed by atoms with Crippen molar-refractivity contribution in [3.63, 3.8) is 0 Å². The van der Waals surface area contributed by atoms with E-state index < -0.39 is 0 Å². The Morgan fingerprint density at radius 2 is 2.00 bits per heavy atom. The van der Waals surface area contributed by atoms with Crippen LogP contribution in [0.1, 0.15) is 39.5 Å². The Bertz CT molecular complexity index is 430. The SMILES string of the molecule is CCNc1ncnc(N(C)C2CCC(C)CC2)c1OC. The first-order valence-electron chi connectivity index (χ1n) is 7.53. The molecule has 0 atom stereocenters. The molecule has 1 aliphatic rings. The summed E-state index contributed by atoms with van der Waals surface area (Å²) in [4.78, 5) is 11.0. The van der Waals surface area contributed by atoms with Gasteiger partial charge in [-0.3, -0.25) is 0 Å². The van der Waals surface area contributed by atoms with Gasteiger partial charge >= 0.3 is 0 Å². The van der Waals surface area contributed by atoms with Crippen molar-refractivity contribution in [2.75, 3.05) is 30.9 Å². The highest BCUT2D eigenvalue weighted by Crippen LogP contribution is 2.35. The van der Waals surface area contributed by atoms with Crippen LogP contribution in [0, 0.1) is 5.92 Å². The van der Waals surface area contributed by atoms with Gasteiger partial charge in [0.05, 0.1) is 7.11 Å². The van der Waals surface area contributed by atoms with Crippen LogP contribution in [0.4, 0.5) is 11.6 Å². The van der Waals surface area contributed by atoms with Gasteiger partial charge in [0.25, 0.3) is 0 Å². The van der Waals surface area contributed by atoms with Crippen LogP contribution < -0.4 is 15.0 Å². The number of anilines is 2. The third-order valence-corrected chi connectivity index (χ3v) is 4.20. The number of ether oxygens (including phenoxy) is 1. The van der Waals surface area contributed by atoms with Gasteiger partial charge in [0.2, 0.25) is 5.75 Å².